The number of carbonyl (C=O) groups excluding carboxylic acids is 3. The highest BCUT2D eigenvalue weighted by molar-refractivity contribution is 6.35. The van der Waals surface area contributed by atoms with Gasteiger partial charge in [-0.3, -0.25) is 14.4 Å². The molecule has 0 saturated carbocycles. The van der Waals surface area contributed by atoms with Crippen LogP contribution in [0.2, 0.25) is 5.02 Å². The summed E-state index contributed by atoms with van der Waals surface area (Å²) in [6, 6.07) is 12.2. The molecule has 0 aliphatic heterocycles. The lowest BCUT2D eigenvalue weighted by atomic mass is 9.87. The van der Waals surface area contributed by atoms with Crippen molar-refractivity contribution in [3.8, 4) is 0 Å². The van der Waals surface area contributed by atoms with Crippen molar-refractivity contribution in [2.75, 3.05) is 5.32 Å². The minimum Gasteiger partial charge on any atom is -0.322 e. The van der Waals surface area contributed by atoms with Gasteiger partial charge in [-0.15, -0.1) is 0 Å². The summed E-state index contributed by atoms with van der Waals surface area (Å²) in [5, 5.41) is 3.00. The van der Waals surface area contributed by atoms with Crippen LogP contribution < -0.4 is 5.32 Å². The first-order valence-corrected chi connectivity index (χ1v) is 7.87. The van der Waals surface area contributed by atoms with E-state index in [1.165, 1.54) is 13.8 Å². The molecule has 0 aliphatic carbocycles. The second kappa shape index (κ2) is 7.41. The fourth-order valence-electron chi connectivity index (χ4n) is 2.61. The smallest absolute Gasteiger partial charge is 0.257 e. The zero-order valence-corrected chi connectivity index (χ0v) is 14.5. The Morgan fingerprint density at radius 2 is 1.54 bits per heavy atom. The Morgan fingerprint density at radius 3 is 2.08 bits per heavy atom. The third-order valence-corrected chi connectivity index (χ3v) is 4.24. The molecule has 0 saturated heterocycles. The predicted octanol–water partition coefficient (Wildman–Crippen LogP) is 4.16. The van der Waals surface area contributed by atoms with E-state index in [0.29, 0.717) is 16.8 Å². The average Bonchev–Trinajstić information content (AvgIpc) is 2.51. The number of halogens is 1. The van der Waals surface area contributed by atoms with Gasteiger partial charge in [-0.05, 0) is 44.0 Å². The van der Waals surface area contributed by atoms with Gasteiger partial charge in [0.1, 0.15) is 17.5 Å². The highest BCUT2D eigenvalue weighted by Crippen LogP contribution is 2.31. The second-order valence-corrected chi connectivity index (χ2v) is 6.01. The van der Waals surface area contributed by atoms with E-state index >= 15 is 0 Å². The number of rotatable bonds is 5. The molecule has 0 aromatic heterocycles. The number of hydrogen-bond donors (Lipinski definition) is 1. The molecule has 0 aliphatic rings. The summed E-state index contributed by atoms with van der Waals surface area (Å²) in [4.78, 5) is 36.6. The monoisotopic (exact) mass is 343 g/mol. The van der Waals surface area contributed by atoms with Crippen molar-refractivity contribution >= 4 is 34.8 Å². The van der Waals surface area contributed by atoms with Crippen molar-refractivity contribution in [1.82, 2.24) is 0 Å². The Bertz CT molecular complexity index is 786. The lowest BCUT2D eigenvalue weighted by molar-refractivity contribution is -0.126. The molecule has 2 aromatic rings. The average molecular weight is 344 g/mol. The van der Waals surface area contributed by atoms with Gasteiger partial charge in [0.15, 0.2) is 0 Å². The van der Waals surface area contributed by atoms with Crippen molar-refractivity contribution in [3.05, 3.63) is 64.2 Å². The number of nitrogens with one attached hydrogen (secondary N) is 1. The van der Waals surface area contributed by atoms with Crippen LogP contribution in [0.4, 0.5) is 5.69 Å². The number of para-hydroxylation sites is 1. The van der Waals surface area contributed by atoms with Gasteiger partial charge in [0.05, 0.1) is 10.6 Å². The van der Waals surface area contributed by atoms with Crippen LogP contribution in [0, 0.1) is 6.92 Å². The summed E-state index contributed by atoms with van der Waals surface area (Å²) < 4.78 is 0. The molecule has 0 fully saturated rings. The zero-order chi connectivity index (χ0) is 17.9. The van der Waals surface area contributed by atoms with Crippen molar-refractivity contribution in [2.24, 2.45) is 0 Å². The molecule has 2 aromatic carbocycles. The molecule has 0 radical (unpaired) electrons. The molecule has 4 nitrogen and oxygen atoms in total. The first-order chi connectivity index (χ1) is 11.3. The standard InChI is InChI=1S/C19H18ClNO3/c1-11-9-10-15(16(12(2)22)13(3)23)17(18(11)20)19(24)21-14-7-5-4-6-8-14/h4-10,16H,1-3H3,(H,21,24). The van der Waals surface area contributed by atoms with Crippen molar-refractivity contribution in [3.63, 3.8) is 0 Å². The summed E-state index contributed by atoms with van der Waals surface area (Å²) >= 11 is 6.33. The highest BCUT2D eigenvalue weighted by Gasteiger charge is 2.29. The van der Waals surface area contributed by atoms with Crippen molar-refractivity contribution in [2.45, 2.75) is 26.7 Å². The zero-order valence-electron chi connectivity index (χ0n) is 13.7. The molecule has 0 spiro atoms. The Kier molecular flexibility index (Phi) is 5.52. The van der Waals surface area contributed by atoms with Crippen LogP contribution in [-0.2, 0) is 9.59 Å². The van der Waals surface area contributed by atoms with Crippen LogP contribution in [0.1, 0.15) is 41.3 Å². The lowest BCUT2D eigenvalue weighted by Crippen LogP contribution is -2.23. The maximum absolute atomic E-state index is 12.7. The van der Waals surface area contributed by atoms with Crippen LogP contribution >= 0.6 is 11.6 Å². The summed E-state index contributed by atoms with van der Waals surface area (Å²) in [6.07, 6.45) is 0. The van der Waals surface area contributed by atoms with Gasteiger partial charge < -0.3 is 5.32 Å². The molecule has 1 N–H and O–H groups in total. The third-order valence-electron chi connectivity index (χ3n) is 3.75. The Balaban J connectivity index is 2.55. The first kappa shape index (κ1) is 17.9. The maximum Gasteiger partial charge on any atom is 0.257 e. The number of carbonyl (C=O) groups is 3. The third kappa shape index (κ3) is 3.71. The minimum atomic E-state index is -1.00. The van der Waals surface area contributed by atoms with E-state index in [4.69, 9.17) is 11.6 Å². The second-order valence-electron chi connectivity index (χ2n) is 5.64. The molecule has 0 bridgehead atoms. The highest BCUT2D eigenvalue weighted by atomic mass is 35.5. The molecule has 124 valence electrons. The number of ketones is 2. The van der Waals surface area contributed by atoms with Gasteiger partial charge in [0.25, 0.3) is 5.91 Å². The van der Waals surface area contributed by atoms with Crippen LogP contribution in [-0.4, -0.2) is 17.5 Å². The SMILES string of the molecule is CC(=O)C(C(C)=O)c1ccc(C)c(Cl)c1C(=O)Nc1ccccc1. The molecule has 1 amide bonds. The van der Waals surface area contributed by atoms with E-state index in [0.717, 1.165) is 0 Å². The summed E-state index contributed by atoms with van der Waals surface area (Å²) in [6.45, 7) is 4.43. The number of anilines is 1. The van der Waals surface area contributed by atoms with E-state index in [1.54, 1.807) is 43.3 Å². The quantitative estimate of drug-likeness (QED) is 0.829. The van der Waals surface area contributed by atoms with Gasteiger partial charge in [-0.25, -0.2) is 0 Å². The van der Waals surface area contributed by atoms with E-state index < -0.39 is 11.8 Å². The van der Waals surface area contributed by atoms with Gasteiger partial charge in [-0.1, -0.05) is 41.9 Å². The molecular weight excluding hydrogens is 326 g/mol. The van der Waals surface area contributed by atoms with E-state index in [2.05, 4.69) is 5.32 Å². The van der Waals surface area contributed by atoms with Gasteiger partial charge in [0.2, 0.25) is 0 Å². The van der Waals surface area contributed by atoms with Crippen LogP contribution in [0.15, 0.2) is 42.5 Å². The normalized spacial score (nSPS) is 10.5. The maximum atomic E-state index is 12.7. The number of hydrogen-bond acceptors (Lipinski definition) is 3. The first-order valence-electron chi connectivity index (χ1n) is 7.49. The summed E-state index contributed by atoms with van der Waals surface area (Å²) in [5.41, 5.74) is 1.80. The van der Waals surface area contributed by atoms with E-state index in [9.17, 15) is 14.4 Å². The summed E-state index contributed by atoms with van der Waals surface area (Å²) in [7, 11) is 0. The Labute approximate surface area is 145 Å². The van der Waals surface area contributed by atoms with Crippen molar-refractivity contribution < 1.29 is 14.4 Å². The van der Waals surface area contributed by atoms with Crippen LogP contribution in [0.25, 0.3) is 0 Å². The summed E-state index contributed by atoms with van der Waals surface area (Å²) in [5.74, 6) is -2.09. The number of aryl methyl sites for hydroxylation is 1. The Morgan fingerprint density at radius 1 is 0.958 bits per heavy atom. The molecule has 0 heterocycles. The van der Waals surface area contributed by atoms with Gasteiger partial charge >= 0.3 is 0 Å². The topological polar surface area (TPSA) is 63.2 Å². The molecule has 0 atom stereocenters. The molecular formula is C19H18ClNO3. The van der Waals surface area contributed by atoms with Gasteiger partial charge in [0, 0.05) is 5.69 Å². The Hall–Kier alpha value is -2.46. The molecule has 2 rings (SSSR count). The van der Waals surface area contributed by atoms with Crippen LogP contribution in [0.5, 0.6) is 0 Å². The fourth-order valence-corrected chi connectivity index (χ4v) is 2.86. The van der Waals surface area contributed by atoms with Crippen molar-refractivity contribution in [1.29, 1.82) is 0 Å². The largest absolute Gasteiger partial charge is 0.322 e. The van der Waals surface area contributed by atoms with Gasteiger partial charge in [-0.2, -0.15) is 0 Å². The minimum absolute atomic E-state index is 0.163. The van der Waals surface area contributed by atoms with E-state index in [-0.39, 0.29) is 22.2 Å². The number of Topliss-reactive ketones (excluding diaryl/α,β-unsaturated/α-hetero) is 2. The van der Waals surface area contributed by atoms with E-state index in [1.807, 2.05) is 6.07 Å². The number of benzene rings is 2. The molecule has 5 heteroatoms. The molecule has 24 heavy (non-hydrogen) atoms. The number of amides is 1. The lowest BCUT2D eigenvalue weighted by Gasteiger charge is -2.18. The van der Waals surface area contributed by atoms with Crippen LogP contribution in [0.3, 0.4) is 0 Å². The fraction of sp³-hybridized carbons (Fsp3) is 0.211. The predicted molar refractivity (Wildman–Crippen MR) is 94.7 cm³/mol. The molecule has 0 unspecified atom stereocenters.